The highest BCUT2D eigenvalue weighted by atomic mass is 32.1. The predicted octanol–water partition coefficient (Wildman–Crippen LogP) is 4.19. The molecular formula is C24H31N2O3S-. The zero-order valence-electron chi connectivity index (χ0n) is 17.6. The minimum atomic E-state index is -1.10. The first-order chi connectivity index (χ1) is 14.6. The van der Waals surface area contributed by atoms with Gasteiger partial charge < -0.3 is 15.2 Å². The molecule has 162 valence electrons. The monoisotopic (exact) mass is 427 g/mol. The van der Waals surface area contributed by atoms with E-state index >= 15 is 0 Å². The number of thiophene rings is 1. The van der Waals surface area contributed by atoms with E-state index in [4.69, 9.17) is 0 Å². The second-order valence-electron chi connectivity index (χ2n) is 9.34. The van der Waals surface area contributed by atoms with E-state index in [9.17, 15) is 20.0 Å². The highest BCUT2D eigenvalue weighted by molar-refractivity contribution is 7.16. The lowest BCUT2D eigenvalue weighted by Crippen LogP contribution is -2.43. The number of hydrogen-bond acceptors (Lipinski definition) is 5. The van der Waals surface area contributed by atoms with Crippen LogP contribution in [0.1, 0.15) is 86.6 Å². The molecule has 4 atom stereocenters. The van der Waals surface area contributed by atoms with E-state index in [0.29, 0.717) is 10.6 Å². The molecule has 2 bridgehead atoms. The molecule has 1 aromatic heterocycles. The van der Waals surface area contributed by atoms with E-state index in [2.05, 4.69) is 11.4 Å². The molecule has 3 aliphatic carbocycles. The molecule has 0 spiro atoms. The minimum absolute atomic E-state index is 0.0649. The molecule has 1 amide bonds. The predicted molar refractivity (Wildman–Crippen MR) is 115 cm³/mol. The number of rotatable bonds is 3. The molecule has 0 radical (unpaired) electrons. The molecule has 0 unspecified atom stereocenters. The van der Waals surface area contributed by atoms with E-state index in [1.165, 1.54) is 54.7 Å². The fraction of sp³-hybridized carbons (Fsp3) is 0.708. The van der Waals surface area contributed by atoms with Crippen molar-refractivity contribution in [2.45, 2.75) is 83.5 Å². The number of carbonyl (C=O) groups is 2. The Bertz CT molecular complexity index is 840. The minimum Gasteiger partial charge on any atom is -0.550 e. The SMILES string of the molecule is N#Cc1c(NC(=O)[C@@H]2[C@@H]3CC[C@@H](C3)[C@@H]2C(=O)[O-])sc2c1CCCCCCCCCC2. The van der Waals surface area contributed by atoms with Crippen LogP contribution in [0.5, 0.6) is 0 Å². The first-order valence-corrected chi connectivity index (χ1v) is 12.5. The van der Waals surface area contributed by atoms with Crippen molar-refractivity contribution < 1.29 is 14.7 Å². The molecule has 5 nitrogen and oxygen atoms in total. The summed E-state index contributed by atoms with van der Waals surface area (Å²) in [6.45, 7) is 0. The van der Waals surface area contributed by atoms with Crippen LogP contribution in [0.15, 0.2) is 0 Å². The van der Waals surface area contributed by atoms with Gasteiger partial charge in [-0.2, -0.15) is 5.26 Å². The topological polar surface area (TPSA) is 93.0 Å². The Balaban J connectivity index is 1.55. The van der Waals surface area contributed by atoms with Crippen molar-refractivity contribution in [3.63, 3.8) is 0 Å². The van der Waals surface area contributed by atoms with Gasteiger partial charge in [-0.25, -0.2) is 0 Å². The standard InChI is InChI=1S/C24H32N2O3S/c25-14-18-17-9-7-5-3-1-2-4-6-8-10-19(17)30-23(18)26-22(27)20-15-11-12-16(13-15)21(20)24(28)29/h15-16,20-21H,1-13H2,(H,26,27)(H,28,29)/p-1/t15-,16+,20-,21+/m1/s1. The van der Waals surface area contributed by atoms with Gasteiger partial charge >= 0.3 is 0 Å². The maximum Gasteiger partial charge on any atom is 0.229 e. The number of nitriles is 1. The van der Waals surface area contributed by atoms with Crippen LogP contribution in [0.4, 0.5) is 5.00 Å². The van der Waals surface area contributed by atoms with Crippen molar-refractivity contribution in [2.75, 3.05) is 5.32 Å². The lowest BCUT2D eigenvalue weighted by molar-refractivity contribution is -0.314. The van der Waals surface area contributed by atoms with Crippen molar-refractivity contribution in [1.82, 2.24) is 0 Å². The highest BCUT2D eigenvalue weighted by Gasteiger charge is 2.51. The summed E-state index contributed by atoms with van der Waals surface area (Å²) in [5.74, 6) is -2.34. The molecular weight excluding hydrogens is 396 g/mol. The largest absolute Gasteiger partial charge is 0.550 e. The van der Waals surface area contributed by atoms with Crippen LogP contribution < -0.4 is 10.4 Å². The number of aryl methyl sites for hydroxylation is 1. The molecule has 0 saturated heterocycles. The molecule has 3 aliphatic rings. The fourth-order valence-corrected chi connectivity index (χ4v) is 7.28. The van der Waals surface area contributed by atoms with E-state index < -0.39 is 17.8 Å². The van der Waals surface area contributed by atoms with E-state index in [-0.39, 0.29) is 17.7 Å². The van der Waals surface area contributed by atoms with Crippen LogP contribution in [0.2, 0.25) is 0 Å². The fourth-order valence-electron chi connectivity index (χ4n) is 6.04. The maximum atomic E-state index is 13.1. The van der Waals surface area contributed by atoms with Crippen LogP contribution in [0.25, 0.3) is 0 Å². The number of anilines is 1. The third-order valence-corrected chi connectivity index (χ3v) is 8.72. The van der Waals surface area contributed by atoms with Gasteiger partial charge in [0, 0.05) is 22.7 Å². The number of amides is 1. The summed E-state index contributed by atoms with van der Waals surface area (Å²) >= 11 is 1.54. The van der Waals surface area contributed by atoms with Gasteiger partial charge in [0.1, 0.15) is 11.1 Å². The van der Waals surface area contributed by atoms with Gasteiger partial charge in [0.15, 0.2) is 0 Å². The Morgan fingerprint density at radius 3 is 2.17 bits per heavy atom. The zero-order valence-corrected chi connectivity index (χ0v) is 18.4. The number of carboxylic acid groups (broad SMARTS) is 1. The summed E-state index contributed by atoms with van der Waals surface area (Å²) in [6.07, 6.45) is 14.2. The number of fused-ring (bicyclic) bond motifs is 3. The summed E-state index contributed by atoms with van der Waals surface area (Å²) in [6, 6.07) is 2.35. The van der Waals surface area contributed by atoms with E-state index in [1.54, 1.807) is 0 Å². The van der Waals surface area contributed by atoms with E-state index in [1.807, 2.05) is 0 Å². The molecule has 4 rings (SSSR count). The molecule has 1 aromatic rings. The first kappa shape index (κ1) is 21.4. The summed E-state index contributed by atoms with van der Waals surface area (Å²) in [5, 5.41) is 25.2. The number of carbonyl (C=O) groups excluding carboxylic acids is 2. The van der Waals surface area contributed by atoms with Crippen molar-refractivity contribution in [3.05, 3.63) is 16.0 Å². The Kier molecular flexibility index (Phi) is 6.77. The second kappa shape index (κ2) is 9.51. The number of nitrogens with zero attached hydrogens (tertiary/aromatic N) is 1. The van der Waals surface area contributed by atoms with Gasteiger partial charge in [-0.05, 0) is 62.3 Å². The van der Waals surface area contributed by atoms with Crippen molar-refractivity contribution >= 4 is 28.2 Å². The Labute approximate surface area is 182 Å². The Morgan fingerprint density at radius 2 is 1.53 bits per heavy atom. The van der Waals surface area contributed by atoms with Gasteiger partial charge in [-0.15, -0.1) is 11.3 Å². The van der Waals surface area contributed by atoms with Gasteiger partial charge in [-0.3, -0.25) is 4.79 Å². The van der Waals surface area contributed by atoms with Crippen LogP contribution in [0.3, 0.4) is 0 Å². The summed E-state index contributed by atoms with van der Waals surface area (Å²) in [5.41, 5.74) is 1.72. The number of hydrogen-bond donors (Lipinski definition) is 1. The molecule has 0 aromatic carbocycles. The number of carboxylic acids is 1. The summed E-state index contributed by atoms with van der Waals surface area (Å²) in [7, 11) is 0. The maximum absolute atomic E-state index is 13.1. The smallest absolute Gasteiger partial charge is 0.229 e. The molecule has 1 N–H and O–H groups in total. The molecule has 30 heavy (non-hydrogen) atoms. The van der Waals surface area contributed by atoms with Crippen LogP contribution in [0, 0.1) is 35.0 Å². The van der Waals surface area contributed by atoms with Crippen LogP contribution in [-0.4, -0.2) is 11.9 Å². The normalized spacial score (nSPS) is 29.3. The summed E-state index contributed by atoms with van der Waals surface area (Å²) in [4.78, 5) is 26.1. The third-order valence-electron chi connectivity index (χ3n) is 7.51. The van der Waals surface area contributed by atoms with Gasteiger partial charge in [0.05, 0.1) is 5.56 Å². The summed E-state index contributed by atoms with van der Waals surface area (Å²) < 4.78 is 0. The quantitative estimate of drug-likeness (QED) is 0.783. The molecule has 2 fully saturated rings. The second-order valence-corrected chi connectivity index (χ2v) is 10.4. The molecule has 1 heterocycles. The average molecular weight is 428 g/mol. The Hall–Kier alpha value is -1.87. The van der Waals surface area contributed by atoms with Gasteiger partial charge in [-0.1, -0.05) is 38.5 Å². The van der Waals surface area contributed by atoms with Crippen molar-refractivity contribution in [2.24, 2.45) is 23.7 Å². The van der Waals surface area contributed by atoms with Crippen molar-refractivity contribution in [3.8, 4) is 6.07 Å². The van der Waals surface area contributed by atoms with E-state index in [0.717, 1.165) is 50.5 Å². The number of aliphatic carboxylic acids is 1. The zero-order chi connectivity index (χ0) is 21.1. The Morgan fingerprint density at radius 1 is 0.933 bits per heavy atom. The number of nitrogens with one attached hydrogen (secondary N) is 1. The molecule has 0 aliphatic heterocycles. The lowest BCUT2D eigenvalue weighted by Gasteiger charge is -2.30. The lowest BCUT2D eigenvalue weighted by atomic mass is 9.79. The first-order valence-electron chi connectivity index (χ1n) is 11.7. The van der Waals surface area contributed by atoms with Gasteiger partial charge in [0.2, 0.25) is 5.91 Å². The third kappa shape index (κ3) is 4.27. The molecule has 2 saturated carbocycles. The van der Waals surface area contributed by atoms with Gasteiger partial charge in [0.25, 0.3) is 0 Å². The van der Waals surface area contributed by atoms with Crippen molar-refractivity contribution in [1.29, 1.82) is 5.26 Å². The average Bonchev–Trinajstić information content (AvgIpc) is 3.41. The van der Waals surface area contributed by atoms with Crippen LogP contribution >= 0.6 is 11.3 Å². The van der Waals surface area contributed by atoms with Crippen LogP contribution in [-0.2, 0) is 22.4 Å². The highest BCUT2D eigenvalue weighted by Crippen LogP contribution is 2.52. The molecule has 6 heteroatoms.